The molecule has 2 unspecified atom stereocenters. The second-order valence-electron chi connectivity index (χ2n) is 11.5. The van der Waals surface area contributed by atoms with Gasteiger partial charge in [-0.3, -0.25) is 9.98 Å². The number of carboxylic acids is 1. The first-order chi connectivity index (χ1) is 24.3. The van der Waals surface area contributed by atoms with Gasteiger partial charge in [-0.1, -0.05) is 62.1 Å². The quantitative estimate of drug-likeness (QED) is 0.0454. The van der Waals surface area contributed by atoms with Crippen LogP contribution in [0.3, 0.4) is 0 Å². The van der Waals surface area contributed by atoms with E-state index in [1.54, 1.807) is 18.2 Å². The summed E-state index contributed by atoms with van der Waals surface area (Å²) in [6.45, 7) is 15.7. The summed E-state index contributed by atoms with van der Waals surface area (Å²) in [5.41, 5.74) is 8.56. The number of nitrogens with one attached hydrogen (secondary N) is 1. The third-order valence-corrected chi connectivity index (χ3v) is 7.10. The van der Waals surface area contributed by atoms with Gasteiger partial charge in [0.1, 0.15) is 24.3 Å². The van der Waals surface area contributed by atoms with Crippen LogP contribution >= 0.6 is 0 Å². The SMILES string of the molecule is C=C/C(CO/C(N)=C(F)/C=C\CC(/C=C\C(=C)CC)=C/CC(C)F)=C(F)\C=C(/C)C#N.CC(=NCC1CCO1)NC1=CCN=C(C(=O)O)/C=C\C1. The number of aliphatic carboxylic acids is 1. The summed E-state index contributed by atoms with van der Waals surface area (Å²) in [5, 5.41) is 20.8. The Balaban J connectivity index is 0.000000555. The van der Waals surface area contributed by atoms with Crippen LogP contribution in [0.2, 0.25) is 0 Å². The summed E-state index contributed by atoms with van der Waals surface area (Å²) in [7, 11) is 0. The summed E-state index contributed by atoms with van der Waals surface area (Å²) in [6.07, 6.45) is 17.9. The minimum atomic E-state index is -0.996. The summed E-state index contributed by atoms with van der Waals surface area (Å²) in [4.78, 5) is 19.2. The second kappa shape index (κ2) is 24.9. The lowest BCUT2D eigenvalue weighted by molar-refractivity contribution is -0.129. The smallest absolute Gasteiger partial charge is 0.354 e. The van der Waals surface area contributed by atoms with E-state index in [4.69, 9.17) is 25.6 Å². The number of ether oxygens (including phenoxy) is 2. The number of carbonyl (C=O) groups is 1. The Morgan fingerprint density at radius 2 is 2.04 bits per heavy atom. The van der Waals surface area contributed by atoms with Crippen molar-refractivity contribution in [2.45, 2.75) is 72.1 Å². The molecule has 0 bridgehead atoms. The van der Waals surface area contributed by atoms with Crippen molar-refractivity contribution in [1.82, 2.24) is 5.32 Å². The maximum atomic E-state index is 14.2. The van der Waals surface area contributed by atoms with Crippen LogP contribution in [0.5, 0.6) is 0 Å². The molecule has 2 aliphatic heterocycles. The predicted octanol–water partition coefficient (Wildman–Crippen LogP) is 8.28. The predicted molar refractivity (Wildman–Crippen MR) is 199 cm³/mol. The number of allylic oxidation sites excluding steroid dienone is 12. The third kappa shape index (κ3) is 19.6. The van der Waals surface area contributed by atoms with Gasteiger partial charge in [0, 0.05) is 29.9 Å². The van der Waals surface area contributed by atoms with Crippen molar-refractivity contribution < 1.29 is 32.5 Å². The van der Waals surface area contributed by atoms with Gasteiger partial charge in [-0.25, -0.2) is 18.0 Å². The number of hydrogen-bond acceptors (Lipinski definition) is 7. The Morgan fingerprint density at radius 3 is 2.63 bits per heavy atom. The maximum Gasteiger partial charge on any atom is 0.354 e. The van der Waals surface area contributed by atoms with E-state index >= 15 is 0 Å². The molecule has 1 fully saturated rings. The number of carboxylic acid groups (broad SMARTS) is 1. The number of halogens is 3. The van der Waals surface area contributed by atoms with Gasteiger partial charge in [-0.2, -0.15) is 5.26 Å². The van der Waals surface area contributed by atoms with E-state index < -0.39 is 29.7 Å². The van der Waals surface area contributed by atoms with Crippen LogP contribution in [0.25, 0.3) is 0 Å². The van der Waals surface area contributed by atoms with Gasteiger partial charge in [-0.15, -0.1) is 0 Å². The lowest BCUT2D eigenvalue weighted by atomic mass is 10.1. The highest BCUT2D eigenvalue weighted by Crippen LogP contribution is 2.16. The number of aliphatic imine (C=N–C) groups is 2. The number of nitriles is 1. The molecule has 2 atom stereocenters. The van der Waals surface area contributed by atoms with Crippen LogP contribution in [0, 0.1) is 11.3 Å². The first kappa shape index (κ1) is 43.9. The summed E-state index contributed by atoms with van der Waals surface area (Å²) in [6, 6.07) is 1.80. The number of alkyl halides is 1. The molecule has 2 aliphatic rings. The molecule has 2 heterocycles. The van der Waals surface area contributed by atoms with Gasteiger partial charge >= 0.3 is 5.97 Å². The van der Waals surface area contributed by atoms with Crippen LogP contribution in [0.15, 0.2) is 129 Å². The fraction of sp³-hybridized carbons (Fsp3) is 0.385. The molecule has 0 aromatic rings. The highest BCUT2D eigenvalue weighted by Gasteiger charge is 2.17. The van der Waals surface area contributed by atoms with Crippen LogP contribution < -0.4 is 11.1 Å². The van der Waals surface area contributed by atoms with Crippen LogP contribution in [-0.4, -0.2) is 61.2 Å². The largest absolute Gasteiger partial charge is 0.477 e. The molecular weight excluding hydrogens is 659 g/mol. The van der Waals surface area contributed by atoms with Crippen LogP contribution in [0.4, 0.5) is 13.2 Å². The lowest BCUT2D eigenvalue weighted by Gasteiger charge is -2.24. The average Bonchev–Trinajstić information content (AvgIpc) is 3.05. The molecule has 12 heteroatoms. The van der Waals surface area contributed by atoms with Gasteiger partial charge in [0.05, 0.1) is 31.1 Å². The molecular formula is C39H50F3N5O4. The Hall–Kier alpha value is -5.15. The van der Waals surface area contributed by atoms with Crippen molar-refractivity contribution in [3.63, 3.8) is 0 Å². The summed E-state index contributed by atoms with van der Waals surface area (Å²) in [5.74, 6) is -2.21. The molecule has 0 aromatic carbocycles. The van der Waals surface area contributed by atoms with Crippen LogP contribution in [0.1, 0.15) is 59.8 Å². The second-order valence-corrected chi connectivity index (χ2v) is 11.5. The first-order valence-corrected chi connectivity index (χ1v) is 16.5. The molecule has 276 valence electrons. The summed E-state index contributed by atoms with van der Waals surface area (Å²) >= 11 is 0. The highest BCUT2D eigenvalue weighted by atomic mass is 19.1. The number of nitrogens with two attached hydrogens (primary N) is 1. The van der Waals surface area contributed by atoms with E-state index in [0.29, 0.717) is 25.9 Å². The average molecular weight is 710 g/mol. The standard InChI is InChI=1S/C25H31F3N2O.C14H19N3O3/c1-6-18(3)11-13-21(14-12-20(5)26)9-8-10-23(27)25(30)31-17-22(7-2)24(28)15-19(4)16-29;1-10(16-9-12-6-8-20-12)17-11-3-2-4-13(14(18)19)15-7-5-11/h7-8,10-11,13-15,20H,2-3,6,9,12,17,30H2,1,4-5H3;2,4-5,12H,3,6-9H2,1H3,(H,16,17)(H,18,19)/b10-8-,13-11-,19-15+,21-14-,24-22-,25-23-;4-2-,11-5?,15-13?. The Kier molecular flexibility index (Phi) is 21.4. The number of nitrogens with zero attached hydrogens (tertiary/aromatic N) is 3. The zero-order valence-corrected chi connectivity index (χ0v) is 29.9. The van der Waals surface area contributed by atoms with Crippen molar-refractivity contribution in [3.8, 4) is 6.07 Å². The van der Waals surface area contributed by atoms with E-state index in [-0.39, 0.29) is 36.0 Å². The maximum absolute atomic E-state index is 14.2. The third-order valence-electron chi connectivity index (χ3n) is 7.10. The fourth-order valence-corrected chi connectivity index (χ4v) is 3.89. The molecule has 4 N–H and O–H groups in total. The molecule has 51 heavy (non-hydrogen) atoms. The van der Waals surface area contributed by atoms with Crippen molar-refractivity contribution in [3.05, 3.63) is 119 Å². The fourth-order valence-electron chi connectivity index (χ4n) is 3.89. The van der Waals surface area contributed by atoms with E-state index in [1.165, 1.54) is 32.1 Å². The zero-order chi connectivity index (χ0) is 38.2. The molecule has 1 saturated heterocycles. The molecule has 0 aromatic heterocycles. The number of rotatable bonds is 17. The van der Waals surface area contributed by atoms with Gasteiger partial charge in [0.25, 0.3) is 0 Å². The Morgan fingerprint density at radius 1 is 1.31 bits per heavy atom. The van der Waals surface area contributed by atoms with Crippen molar-refractivity contribution in [2.24, 2.45) is 15.7 Å². The lowest BCUT2D eigenvalue weighted by Crippen LogP contribution is -2.31. The minimum absolute atomic E-state index is 0.0289. The molecule has 2 rings (SSSR count). The molecule has 0 spiro atoms. The topological polar surface area (TPSA) is 142 Å². The summed E-state index contributed by atoms with van der Waals surface area (Å²) < 4.78 is 51.8. The molecule has 0 radical (unpaired) electrons. The molecule has 0 saturated carbocycles. The van der Waals surface area contributed by atoms with Crippen molar-refractivity contribution >= 4 is 17.5 Å². The van der Waals surface area contributed by atoms with E-state index in [0.717, 1.165) is 54.3 Å². The minimum Gasteiger partial charge on any atom is -0.477 e. The highest BCUT2D eigenvalue weighted by molar-refractivity contribution is 6.40. The number of hydrogen-bond donors (Lipinski definition) is 3. The number of amidine groups is 1. The van der Waals surface area contributed by atoms with Gasteiger partial charge < -0.3 is 25.6 Å². The van der Waals surface area contributed by atoms with Crippen LogP contribution in [-0.2, 0) is 14.3 Å². The van der Waals surface area contributed by atoms with Gasteiger partial charge in [0.15, 0.2) is 5.83 Å². The first-order valence-electron chi connectivity index (χ1n) is 16.5. The van der Waals surface area contributed by atoms with E-state index in [9.17, 15) is 18.0 Å². The van der Waals surface area contributed by atoms with E-state index in [2.05, 4.69) is 28.5 Å². The van der Waals surface area contributed by atoms with Gasteiger partial charge in [-0.05, 0) is 76.3 Å². The Labute approximate surface area is 299 Å². The molecule has 0 amide bonds. The normalized spacial score (nSPS) is 19.0. The molecule has 9 nitrogen and oxygen atoms in total. The van der Waals surface area contributed by atoms with Crippen molar-refractivity contribution in [1.29, 1.82) is 5.26 Å². The monoisotopic (exact) mass is 709 g/mol. The molecule has 0 aliphatic carbocycles. The zero-order valence-electron chi connectivity index (χ0n) is 29.9. The van der Waals surface area contributed by atoms with Gasteiger partial charge in [0.2, 0.25) is 5.88 Å². The van der Waals surface area contributed by atoms with E-state index in [1.807, 2.05) is 32.1 Å². The van der Waals surface area contributed by atoms with Crippen molar-refractivity contribution in [2.75, 3.05) is 26.3 Å². The Bertz CT molecular complexity index is 1570.